The molecule has 2 aliphatic heterocycles. The molecule has 2 heterocycles. The average Bonchev–Trinajstić information content (AvgIpc) is 3.21. The van der Waals surface area contributed by atoms with Crippen molar-refractivity contribution in [1.29, 1.82) is 5.41 Å². The quantitative estimate of drug-likeness (QED) is 0.638. The largest absolute Gasteiger partial charge is 0.378 e. The van der Waals surface area contributed by atoms with Crippen molar-refractivity contribution >= 4 is 35.1 Å². The molecule has 1 aromatic rings. The number of nitrogens with one attached hydrogen (secondary N) is 3. The molecule has 2 amide bonds. The van der Waals surface area contributed by atoms with Gasteiger partial charge in [-0.05, 0) is 63.0 Å². The van der Waals surface area contributed by atoms with Gasteiger partial charge in [-0.1, -0.05) is 30.2 Å². The number of fused-ring (bicyclic) bond motifs is 1. The van der Waals surface area contributed by atoms with Gasteiger partial charge >= 0.3 is 0 Å². The highest BCUT2D eigenvalue weighted by atomic mass is 35.5. The average molecular weight is 459 g/mol. The summed E-state index contributed by atoms with van der Waals surface area (Å²) < 4.78 is 5.60. The van der Waals surface area contributed by atoms with E-state index in [-0.39, 0.29) is 42.3 Å². The van der Waals surface area contributed by atoms with Crippen LogP contribution < -0.4 is 10.6 Å². The molecule has 0 radical (unpaired) electrons. The normalized spacial score (nSPS) is 36.5. The van der Waals surface area contributed by atoms with Crippen molar-refractivity contribution in [2.75, 3.05) is 11.9 Å². The Labute approximate surface area is 193 Å². The van der Waals surface area contributed by atoms with Crippen LogP contribution in [0.1, 0.15) is 57.9 Å². The third kappa shape index (κ3) is 3.69. The van der Waals surface area contributed by atoms with Gasteiger partial charge in [-0.25, -0.2) is 0 Å². The second-order valence-corrected chi connectivity index (χ2v) is 10.4. The molecular formula is C24H31ClN4O3. The smallest absolute Gasteiger partial charge is 0.232 e. The van der Waals surface area contributed by atoms with Crippen molar-refractivity contribution < 1.29 is 14.3 Å². The number of hydrogen-bond donors (Lipinski definition) is 3. The second-order valence-electron chi connectivity index (χ2n) is 10.0. The lowest BCUT2D eigenvalue weighted by molar-refractivity contribution is -0.134. The second kappa shape index (κ2) is 8.03. The molecule has 2 unspecified atom stereocenters. The number of carbonyl (C=O) groups is 2. The standard InChI is InChI=1S/C24H31ClN4O3/c1-13-11-14(9-10-32-13)29-19(30)12-24(2,28-23(29)26)17-7-4-8-18(21(17)25)27-22(31)20-15-5-3-6-16(15)20/h4,7-8,13-16,20H,3,5-6,9-12H2,1-2H3,(H2,26,28)(H,27,31)/t13-,14-,15?,16?,20?,24+/m1/s1. The maximum absolute atomic E-state index is 13.2. The van der Waals surface area contributed by atoms with E-state index in [1.165, 1.54) is 6.42 Å². The summed E-state index contributed by atoms with van der Waals surface area (Å²) in [4.78, 5) is 27.5. The van der Waals surface area contributed by atoms with Gasteiger partial charge in [0.1, 0.15) is 0 Å². The SMILES string of the molecule is C[C@@H]1C[C@H](N2C(=N)N[C@](C)(c3cccc(NC(=O)C4C5CCCC54)c3Cl)CC2=O)CCO1. The molecule has 7 nitrogen and oxygen atoms in total. The fourth-order valence-corrected chi connectivity index (χ4v) is 6.50. The zero-order valence-corrected chi connectivity index (χ0v) is 19.4. The fourth-order valence-electron chi connectivity index (χ4n) is 6.12. The molecule has 5 atom stereocenters. The molecule has 0 aromatic heterocycles. The zero-order chi connectivity index (χ0) is 22.6. The zero-order valence-electron chi connectivity index (χ0n) is 18.6. The highest BCUT2D eigenvalue weighted by molar-refractivity contribution is 6.34. The highest BCUT2D eigenvalue weighted by Gasteiger charge is 2.56. The van der Waals surface area contributed by atoms with Gasteiger partial charge in [0, 0.05) is 18.6 Å². The van der Waals surface area contributed by atoms with Gasteiger partial charge in [0.05, 0.1) is 28.8 Å². The van der Waals surface area contributed by atoms with Crippen LogP contribution in [0.3, 0.4) is 0 Å². The van der Waals surface area contributed by atoms with Gasteiger partial charge in [0.15, 0.2) is 5.96 Å². The molecule has 5 rings (SSSR count). The lowest BCUT2D eigenvalue weighted by Gasteiger charge is -2.45. The van der Waals surface area contributed by atoms with E-state index in [1.807, 2.05) is 26.0 Å². The van der Waals surface area contributed by atoms with Crippen LogP contribution in [0.5, 0.6) is 0 Å². The summed E-state index contributed by atoms with van der Waals surface area (Å²) >= 11 is 6.75. The summed E-state index contributed by atoms with van der Waals surface area (Å²) in [7, 11) is 0. The Morgan fingerprint density at radius 2 is 2.06 bits per heavy atom. The molecule has 2 saturated heterocycles. The van der Waals surface area contributed by atoms with E-state index < -0.39 is 5.54 Å². The minimum Gasteiger partial charge on any atom is -0.378 e. The molecule has 8 heteroatoms. The number of guanidine groups is 1. The molecule has 0 spiro atoms. The molecule has 2 saturated carbocycles. The minimum atomic E-state index is -0.824. The van der Waals surface area contributed by atoms with Crippen molar-refractivity contribution in [2.24, 2.45) is 17.8 Å². The first kappa shape index (κ1) is 21.7. The number of benzene rings is 1. The van der Waals surface area contributed by atoms with E-state index in [0.717, 1.165) is 25.7 Å². The number of rotatable bonds is 4. The van der Waals surface area contributed by atoms with Gasteiger partial charge in [0.2, 0.25) is 11.8 Å². The van der Waals surface area contributed by atoms with Crippen molar-refractivity contribution in [3.8, 4) is 0 Å². The van der Waals surface area contributed by atoms with Crippen LogP contribution >= 0.6 is 11.6 Å². The van der Waals surface area contributed by atoms with Crippen LogP contribution in [-0.2, 0) is 19.9 Å². The maximum atomic E-state index is 13.2. The van der Waals surface area contributed by atoms with E-state index in [1.54, 1.807) is 11.0 Å². The van der Waals surface area contributed by atoms with Crippen molar-refractivity contribution in [1.82, 2.24) is 10.2 Å². The van der Waals surface area contributed by atoms with Gasteiger partial charge < -0.3 is 15.4 Å². The van der Waals surface area contributed by atoms with Crippen LogP contribution in [0.4, 0.5) is 5.69 Å². The first-order chi connectivity index (χ1) is 15.3. The monoisotopic (exact) mass is 458 g/mol. The topological polar surface area (TPSA) is 94.5 Å². The third-order valence-electron chi connectivity index (χ3n) is 7.79. The van der Waals surface area contributed by atoms with Crippen LogP contribution in [0.25, 0.3) is 0 Å². The predicted molar refractivity (Wildman–Crippen MR) is 123 cm³/mol. The number of anilines is 1. The number of nitrogens with zero attached hydrogens (tertiary/aromatic N) is 1. The molecule has 3 N–H and O–H groups in total. The van der Waals surface area contributed by atoms with E-state index in [4.69, 9.17) is 21.7 Å². The van der Waals surface area contributed by atoms with Gasteiger partial charge in [-0.2, -0.15) is 0 Å². The number of hydrogen-bond acceptors (Lipinski definition) is 4. The summed E-state index contributed by atoms with van der Waals surface area (Å²) in [6.07, 6.45) is 5.22. The van der Waals surface area contributed by atoms with Crippen molar-refractivity contribution in [3.05, 3.63) is 28.8 Å². The molecule has 1 aromatic carbocycles. The van der Waals surface area contributed by atoms with Crippen molar-refractivity contribution in [2.45, 2.75) is 70.1 Å². The Bertz CT molecular complexity index is 939. The van der Waals surface area contributed by atoms with Crippen molar-refractivity contribution in [3.63, 3.8) is 0 Å². The molecule has 2 aliphatic carbocycles. The van der Waals surface area contributed by atoms with Crippen LogP contribution in [0.2, 0.25) is 5.02 Å². The van der Waals surface area contributed by atoms with E-state index in [2.05, 4.69) is 10.6 Å². The molecule has 4 fully saturated rings. The summed E-state index contributed by atoms with van der Waals surface area (Å²) in [6, 6.07) is 5.48. The highest BCUT2D eigenvalue weighted by Crippen LogP contribution is 2.57. The summed E-state index contributed by atoms with van der Waals surface area (Å²) in [5.74, 6) is 1.23. The Morgan fingerprint density at radius 1 is 1.31 bits per heavy atom. The Balaban J connectivity index is 1.33. The van der Waals surface area contributed by atoms with E-state index in [0.29, 0.717) is 34.7 Å². The molecule has 32 heavy (non-hydrogen) atoms. The predicted octanol–water partition coefficient (Wildman–Crippen LogP) is 3.86. The first-order valence-corrected chi connectivity index (χ1v) is 12.1. The van der Waals surface area contributed by atoms with E-state index in [9.17, 15) is 9.59 Å². The summed E-state index contributed by atoms with van der Waals surface area (Å²) in [5, 5.41) is 15.3. The van der Waals surface area contributed by atoms with E-state index >= 15 is 0 Å². The van der Waals surface area contributed by atoms with Gasteiger partial charge in [-0.15, -0.1) is 0 Å². The number of halogens is 1. The number of carbonyl (C=O) groups excluding carboxylic acids is 2. The molecule has 0 bridgehead atoms. The molecule has 172 valence electrons. The van der Waals surface area contributed by atoms with Crippen LogP contribution in [0.15, 0.2) is 18.2 Å². The Hall–Kier alpha value is -2.12. The van der Waals surface area contributed by atoms with Gasteiger partial charge in [0.25, 0.3) is 0 Å². The summed E-state index contributed by atoms with van der Waals surface area (Å²) in [5.41, 5.74) is 0.461. The minimum absolute atomic E-state index is 0.0325. The molecule has 4 aliphatic rings. The first-order valence-electron chi connectivity index (χ1n) is 11.7. The number of amides is 2. The third-order valence-corrected chi connectivity index (χ3v) is 8.20. The maximum Gasteiger partial charge on any atom is 0.232 e. The Kier molecular flexibility index (Phi) is 5.45. The van der Waals surface area contributed by atoms with Gasteiger partial charge in [-0.3, -0.25) is 19.9 Å². The summed E-state index contributed by atoms with van der Waals surface area (Å²) in [6.45, 7) is 4.48. The lowest BCUT2D eigenvalue weighted by atomic mass is 9.85. The molecular weight excluding hydrogens is 428 g/mol. The van der Waals surface area contributed by atoms with Crippen LogP contribution in [0, 0.1) is 23.2 Å². The fraction of sp³-hybridized carbons (Fsp3) is 0.625. The Morgan fingerprint density at radius 3 is 2.75 bits per heavy atom. The number of ether oxygens (including phenoxy) is 1. The lowest BCUT2D eigenvalue weighted by Crippen LogP contribution is -2.63. The van der Waals surface area contributed by atoms with Crippen LogP contribution in [-0.4, -0.2) is 41.4 Å².